The molecule has 2 aliphatic rings. The third-order valence-electron chi connectivity index (χ3n) is 3.53. The molecule has 0 aromatic heterocycles. The van der Waals surface area contributed by atoms with Gasteiger partial charge in [0.2, 0.25) is 0 Å². The Morgan fingerprint density at radius 1 is 1.27 bits per heavy atom. The van der Waals surface area contributed by atoms with Gasteiger partial charge in [-0.25, -0.2) is 0 Å². The van der Waals surface area contributed by atoms with Crippen molar-refractivity contribution >= 4 is 0 Å². The first-order chi connectivity index (χ1) is 7.40. The van der Waals surface area contributed by atoms with Gasteiger partial charge in [-0.15, -0.1) is 0 Å². The van der Waals surface area contributed by atoms with Crippen LogP contribution in [0.1, 0.15) is 32.6 Å². The van der Waals surface area contributed by atoms with Crippen LogP contribution in [0.4, 0.5) is 0 Å². The first-order valence-electron chi connectivity index (χ1n) is 6.33. The molecule has 3 heteroatoms. The van der Waals surface area contributed by atoms with Gasteiger partial charge in [0.1, 0.15) is 0 Å². The molecule has 88 valence electrons. The first kappa shape index (κ1) is 11.4. The molecule has 3 atom stereocenters. The molecule has 2 fully saturated rings. The molecule has 0 saturated carbocycles. The number of hydrogen-bond acceptors (Lipinski definition) is 3. The second-order valence-electron chi connectivity index (χ2n) is 4.66. The standard InChI is InChI=1S/C12H23NO2/c1-2-13-12-5-7-14-9-10(12)8-11-4-3-6-15-11/h10-13H,2-9H2,1H3. The summed E-state index contributed by atoms with van der Waals surface area (Å²) in [5.74, 6) is 0.654. The lowest BCUT2D eigenvalue weighted by molar-refractivity contribution is 0.00264. The van der Waals surface area contributed by atoms with Crippen LogP contribution in [0, 0.1) is 5.92 Å². The zero-order valence-electron chi connectivity index (χ0n) is 9.71. The van der Waals surface area contributed by atoms with Crippen LogP contribution in [-0.2, 0) is 9.47 Å². The monoisotopic (exact) mass is 213 g/mol. The molecule has 0 bridgehead atoms. The van der Waals surface area contributed by atoms with E-state index < -0.39 is 0 Å². The van der Waals surface area contributed by atoms with E-state index in [1.54, 1.807) is 0 Å². The van der Waals surface area contributed by atoms with E-state index in [9.17, 15) is 0 Å². The fourth-order valence-electron chi connectivity index (χ4n) is 2.73. The average molecular weight is 213 g/mol. The van der Waals surface area contributed by atoms with Gasteiger partial charge < -0.3 is 14.8 Å². The van der Waals surface area contributed by atoms with Crippen molar-refractivity contribution in [3.8, 4) is 0 Å². The maximum atomic E-state index is 5.70. The molecule has 15 heavy (non-hydrogen) atoms. The van der Waals surface area contributed by atoms with Gasteiger partial charge >= 0.3 is 0 Å². The van der Waals surface area contributed by atoms with E-state index in [0.717, 1.165) is 32.8 Å². The molecule has 0 aliphatic carbocycles. The summed E-state index contributed by atoms with van der Waals surface area (Å²) < 4.78 is 11.3. The van der Waals surface area contributed by atoms with Crippen molar-refractivity contribution in [3.05, 3.63) is 0 Å². The van der Waals surface area contributed by atoms with E-state index in [-0.39, 0.29) is 0 Å². The Bertz CT molecular complexity index is 178. The van der Waals surface area contributed by atoms with Gasteiger partial charge in [-0.05, 0) is 32.2 Å². The van der Waals surface area contributed by atoms with Crippen molar-refractivity contribution in [1.29, 1.82) is 0 Å². The summed E-state index contributed by atoms with van der Waals surface area (Å²) in [5.41, 5.74) is 0. The fraction of sp³-hybridized carbons (Fsp3) is 1.00. The van der Waals surface area contributed by atoms with E-state index in [4.69, 9.17) is 9.47 Å². The minimum Gasteiger partial charge on any atom is -0.381 e. The van der Waals surface area contributed by atoms with Gasteiger partial charge in [-0.2, -0.15) is 0 Å². The molecule has 0 amide bonds. The second-order valence-corrected chi connectivity index (χ2v) is 4.66. The van der Waals surface area contributed by atoms with E-state index in [2.05, 4.69) is 12.2 Å². The van der Waals surface area contributed by atoms with E-state index in [1.807, 2.05) is 0 Å². The summed E-state index contributed by atoms with van der Waals surface area (Å²) in [6, 6.07) is 0.646. The minimum absolute atomic E-state index is 0.498. The van der Waals surface area contributed by atoms with Gasteiger partial charge in [0.15, 0.2) is 0 Å². The topological polar surface area (TPSA) is 30.5 Å². The van der Waals surface area contributed by atoms with Gasteiger partial charge in [0.25, 0.3) is 0 Å². The molecule has 2 heterocycles. The Balaban J connectivity index is 1.80. The van der Waals surface area contributed by atoms with Crippen molar-refractivity contribution in [2.45, 2.75) is 44.8 Å². The molecule has 2 rings (SSSR count). The Kier molecular flexibility index (Phi) is 4.42. The van der Waals surface area contributed by atoms with Gasteiger partial charge in [0.05, 0.1) is 12.7 Å². The van der Waals surface area contributed by atoms with Crippen molar-refractivity contribution in [3.63, 3.8) is 0 Å². The maximum Gasteiger partial charge on any atom is 0.0580 e. The lowest BCUT2D eigenvalue weighted by Crippen LogP contribution is -2.43. The SMILES string of the molecule is CCNC1CCOCC1CC1CCCO1. The number of rotatable bonds is 4. The van der Waals surface area contributed by atoms with Crippen LogP contribution in [0.15, 0.2) is 0 Å². The Labute approximate surface area is 92.5 Å². The maximum absolute atomic E-state index is 5.70. The van der Waals surface area contributed by atoms with E-state index in [1.165, 1.54) is 19.3 Å². The Hall–Kier alpha value is -0.120. The number of nitrogens with one attached hydrogen (secondary N) is 1. The predicted molar refractivity (Wildman–Crippen MR) is 60.0 cm³/mol. The second kappa shape index (κ2) is 5.83. The lowest BCUT2D eigenvalue weighted by atomic mass is 9.89. The molecule has 2 aliphatic heterocycles. The van der Waals surface area contributed by atoms with Crippen molar-refractivity contribution in [2.24, 2.45) is 5.92 Å². The molecule has 3 unspecified atom stereocenters. The van der Waals surface area contributed by atoms with Crippen molar-refractivity contribution in [2.75, 3.05) is 26.4 Å². The molecule has 2 saturated heterocycles. The van der Waals surface area contributed by atoms with Gasteiger partial charge in [0, 0.05) is 25.2 Å². The third kappa shape index (κ3) is 3.16. The molecule has 0 spiro atoms. The highest BCUT2D eigenvalue weighted by Gasteiger charge is 2.29. The molecule has 3 nitrogen and oxygen atoms in total. The lowest BCUT2D eigenvalue weighted by Gasteiger charge is -2.33. The summed E-state index contributed by atoms with van der Waals surface area (Å²) in [6.45, 7) is 6.03. The highest BCUT2D eigenvalue weighted by atomic mass is 16.5. The molecule has 0 aromatic carbocycles. The normalized spacial score (nSPS) is 37.0. The highest BCUT2D eigenvalue weighted by Crippen LogP contribution is 2.25. The summed E-state index contributed by atoms with van der Waals surface area (Å²) in [5, 5.41) is 3.57. The Morgan fingerprint density at radius 2 is 2.20 bits per heavy atom. The van der Waals surface area contributed by atoms with Crippen molar-refractivity contribution in [1.82, 2.24) is 5.32 Å². The first-order valence-corrected chi connectivity index (χ1v) is 6.33. The third-order valence-corrected chi connectivity index (χ3v) is 3.53. The highest BCUT2D eigenvalue weighted by molar-refractivity contribution is 4.82. The Morgan fingerprint density at radius 3 is 2.93 bits per heavy atom. The van der Waals surface area contributed by atoms with E-state index in [0.29, 0.717) is 18.1 Å². The largest absolute Gasteiger partial charge is 0.381 e. The van der Waals surface area contributed by atoms with Crippen LogP contribution in [0.5, 0.6) is 0 Å². The van der Waals surface area contributed by atoms with Crippen LogP contribution in [-0.4, -0.2) is 38.5 Å². The molecular weight excluding hydrogens is 190 g/mol. The van der Waals surface area contributed by atoms with Crippen LogP contribution < -0.4 is 5.32 Å². The summed E-state index contributed by atoms with van der Waals surface area (Å²) in [4.78, 5) is 0. The predicted octanol–water partition coefficient (Wildman–Crippen LogP) is 1.57. The van der Waals surface area contributed by atoms with Gasteiger partial charge in [-0.3, -0.25) is 0 Å². The zero-order valence-corrected chi connectivity index (χ0v) is 9.71. The summed E-state index contributed by atoms with van der Waals surface area (Å²) >= 11 is 0. The van der Waals surface area contributed by atoms with Crippen LogP contribution >= 0.6 is 0 Å². The van der Waals surface area contributed by atoms with E-state index >= 15 is 0 Å². The van der Waals surface area contributed by atoms with Crippen LogP contribution in [0.25, 0.3) is 0 Å². The number of ether oxygens (including phenoxy) is 2. The average Bonchev–Trinajstić information content (AvgIpc) is 2.74. The van der Waals surface area contributed by atoms with Crippen LogP contribution in [0.2, 0.25) is 0 Å². The van der Waals surface area contributed by atoms with Crippen LogP contribution in [0.3, 0.4) is 0 Å². The quantitative estimate of drug-likeness (QED) is 0.769. The van der Waals surface area contributed by atoms with Crippen molar-refractivity contribution < 1.29 is 9.47 Å². The molecular formula is C12H23NO2. The molecule has 0 aromatic rings. The fourth-order valence-corrected chi connectivity index (χ4v) is 2.73. The minimum atomic E-state index is 0.498. The summed E-state index contributed by atoms with van der Waals surface area (Å²) in [6.07, 6.45) is 5.32. The smallest absolute Gasteiger partial charge is 0.0580 e. The molecule has 0 radical (unpaired) electrons. The summed E-state index contributed by atoms with van der Waals surface area (Å²) in [7, 11) is 0. The van der Waals surface area contributed by atoms with Gasteiger partial charge in [-0.1, -0.05) is 6.92 Å². The zero-order chi connectivity index (χ0) is 10.5. The number of hydrogen-bond donors (Lipinski definition) is 1. The molecule has 1 N–H and O–H groups in total.